The summed E-state index contributed by atoms with van der Waals surface area (Å²) < 4.78 is 5.54. The number of carbonyl (C=O) groups excluding carboxylic acids is 12. The van der Waals surface area contributed by atoms with Crippen molar-refractivity contribution >= 4 is 94.3 Å². The molecule has 1 rings (SSSR count). The molecule has 0 saturated carbocycles. The zero-order valence-electron chi connectivity index (χ0n) is 62.7. The molecule has 0 spiro atoms. The van der Waals surface area contributed by atoms with Crippen LogP contribution in [0.4, 0.5) is 16.2 Å². The number of ketones is 1. The zero-order chi connectivity index (χ0) is 79.7. The average molecular weight is 1460 g/mol. The minimum atomic E-state index is -2.45. The van der Waals surface area contributed by atoms with Crippen molar-refractivity contribution < 1.29 is 92.6 Å². The van der Waals surface area contributed by atoms with E-state index in [1.54, 1.807) is 69.3 Å². The number of carboxylic acid groups (broad SMARTS) is 1. The predicted molar refractivity (Wildman–Crippen MR) is 382 cm³/mol. The first kappa shape index (κ1) is 92.2. The molecule has 0 aliphatic rings. The van der Waals surface area contributed by atoms with Crippen LogP contribution in [-0.2, 0) is 62.3 Å². The Morgan fingerprint density at radius 3 is 1.59 bits per heavy atom. The van der Waals surface area contributed by atoms with Crippen molar-refractivity contribution in [1.82, 2.24) is 47.9 Å². The number of aliphatic carboxylic acids is 1. The van der Waals surface area contributed by atoms with Gasteiger partial charge in [-0.1, -0.05) is 102 Å². The van der Waals surface area contributed by atoms with Crippen molar-refractivity contribution in [2.45, 2.75) is 234 Å². The third kappa shape index (κ3) is 30.6. The lowest BCUT2D eigenvalue weighted by Gasteiger charge is -2.42. The Bertz CT molecular complexity index is 3120. The van der Waals surface area contributed by atoms with Gasteiger partial charge in [0.15, 0.2) is 17.8 Å². The highest BCUT2D eigenvalue weighted by atomic mass is 16.6. The fourth-order valence-electron chi connectivity index (χ4n) is 10.6. The maximum atomic E-state index is 15.7. The maximum Gasteiger partial charge on any atom is 0.408 e. The summed E-state index contributed by atoms with van der Waals surface area (Å²) in [5.41, 5.74) is 25.4. The van der Waals surface area contributed by atoms with Gasteiger partial charge in [0.05, 0.1) is 48.2 Å². The summed E-state index contributed by atoms with van der Waals surface area (Å²) in [5.74, 6) is -15.5. The van der Waals surface area contributed by atoms with E-state index < -0.39 is 209 Å². The molecule has 0 radical (unpaired) electrons. The Balaban J connectivity index is 4.02. The normalized spacial score (nSPS) is 16.0. The van der Waals surface area contributed by atoms with E-state index in [0.29, 0.717) is 5.69 Å². The van der Waals surface area contributed by atoms with Gasteiger partial charge in [-0.2, -0.15) is 0 Å². The van der Waals surface area contributed by atoms with Gasteiger partial charge >= 0.3 is 12.1 Å². The summed E-state index contributed by atoms with van der Waals surface area (Å²) >= 11 is 0. The molecule has 584 valence electrons. The number of para-hydroxylation sites is 2. The number of hydrogen-bond acceptors (Lipinski definition) is 22. The van der Waals surface area contributed by atoms with Gasteiger partial charge in [-0.05, 0) is 94.6 Å². The van der Waals surface area contributed by atoms with Gasteiger partial charge in [0, 0.05) is 27.2 Å². The number of aliphatic hydroxyl groups excluding tert-OH is 4. The van der Waals surface area contributed by atoms with Gasteiger partial charge in [0.2, 0.25) is 59.1 Å². The standard InChI is InChI=1S/C67H117N17O19/c1-19-34(4)45(57(96)81-46(35(5)86)56(95)74-31-44(87)79-47(49(88)52(70)91)58(97)78-40(32-85)61(100)101)80-54(93)37(23-22-26-73-62(71)72)75-55(94)38(27-33(2)3)76-59(98)48(82-63(102)103-66(12,13)14)51(90)67(15,16)50(89)43(30-68)84(42-25-21-20-24-41(42)83(17)18)60(99)39(29-65(9,10)11)77-53(92)36(69)28-64(6,7)8/h20-21,24-25,33-40,43,45-49,51,85-86,88,90H,19,22-23,26-32,68-69H2,1-18H3,(H2,70,91)(H,74,95)(H,75,94)(H,76,98)(H,77,92)(H,78,97)(H,79,87)(H,80,93)(H,81,96)(H,82,102)(H,100,101)(H4,71,72,73)/t34-,35-,36+,37+,38-,39-,40-,43-,45-,46-,47-,48-,49-,51-/m0/s1. The van der Waals surface area contributed by atoms with E-state index in [2.05, 4.69) is 42.2 Å². The molecule has 36 heteroatoms. The van der Waals surface area contributed by atoms with Crippen molar-refractivity contribution in [3.63, 3.8) is 0 Å². The molecule has 103 heavy (non-hydrogen) atoms. The van der Waals surface area contributed by atoms with Crippen LogP contribution in [0.3, 0.4) is 0 Å². The molecular formula is C67H117N17O19. The number of rotatable bonds is 41. The molecule has 0 aliphatic heterocycles. The van der Waals surface area contributed by atoms with Crippen LogP contribution in [0.5, 0.6) is 0 Å². The highest BCUT2D eigenvalue weighted by molar-refractivity contribution is 6.09. The number of nitrogens with two attached hydrogens (primary N) is 5. The van der Waals surface area contributed by atoms with Crippen LogP contribution in [0.15, 0.2) is 29.3 Å². The first-order valence-corrected chi connectivity index (χ1v) is 34.0. The summed E-state index contributed by atoms with van der Waals surface area (Å²) in [6.07, 6.45) is -7.67. The number of ether oxygens (including phenoxy) is 1. The van der Waals surface area contributed by atoms with Crippen molar-refractivity contribution in [2.24, 2.45) is 61.7 Å². The largest absolute Gasteiger partial charge is 0.480 e. The molecule has 0 aliphatic carbocycles. The zero-order valence-corrected chi connectivity index (χ0v) is 62.7. The monoisotopic (exact) mass is 1460 g/mol. The molecule has 1 aromatic rings. The second-order valence-electron chi connectivity index (χ2n) is 30.2. The number of anilines is 2. The number of nitrogens with one attached hydrogen (secondary N) is 9. The number of aliphatic imine (C=N–C) groups is 1. The van der Waals surface area contributed by atoms with Crippen LogP contribution in [-0.4, -0.2) is 233 Å². The number of carbonyl (C=O) groups is 13. The summed E-state index contributed by atoms with van der Waals surface area (Å²) in [6, 6.07) is -10.5. The third-order valence-electron chi connectivity index (χ3n) is 16.1. The van der Waals surface area contributed by atoms with Crippen molar-refractivity contribution in [3.8, 4) is 0 Å². The molecular weight excluding hydrogens is 1350 g/mol. The highest BCUT2D eigenvalue weighted by Crippen LogP contribution is 2.36. The van der Waals surface area contributed by atoms with E-state index >= 15 is 14.4 Å². The fraction of sp³-hybridized carbons (Fsp3) is 0.701. The molecule has 0 aromatic heterocycles. The summed E-state index contributed by atoms with van der Waals surface area (Å²) in [4.78, 5) is 187. The number of hydrogen-bond donors (Lipinski definition) is 19. The number of nitrogens with zero attached hydrogens (tertiary/aromatic N) is 3. The topological polar surface area (TPSA) is 589 Å². The molecule has 0 saturated heterocycles. The Labute approximate surface area is 602 Å². The summed E-state index contributed by atoms with van der Waals surface area (Å²) in [6.45, 7) is 23.0. The number of primary amides is 1. The van der Waals surface area contributed by atoms with Crippen LogP contribution in [0.2, 0.25) is 0 Å². The second kappa shape index (κ2) is 40.9. The van der Waals surface area contributed by atoms with Gasteiger partial charge in [-0.3, -0.25) is 62.6 Å². The molecule has 11 amide bonds. The molecule has 0 bridgehead atoms. The molecule has 0 unspecified atom stereocenters. The van der Waals surface area contributed by atoms with Crippen molar-refractivity contribution in [2.75, 3.05) is 50.1 Å². The smallest absolute Gasteiger partial charge is 0.408 e. The van der Waals surface area contributed by atoms with E-state index in [1.807, 2.05) is 46.9 Å². The minimum absolute atomic E-state index is 0.00380. The number of guanidine groups is 1. The molecule has 14 atom stereocenters. The Hall–Kier alpha value is -8.84. The van der Waals surface area contributed by atoms with Crippen LogP contribution in [0.1, 0.15) is 149 Å². The molecule has 36 nitrogen and oxygen atoms in total. The lowest BCUT2D eigenvalue weighted by atomic mass is 9.75. The van der Waals surface area contributed by atoms with Crippen LogP contribution >= 0.6 is 0 Å². The van der Waals surface area contributed by atoms with Gasteiger partial charge < -0.3 is 112 Å². The Morgan fingerprint density at radius 1 is 0.612 bits per heavy atom. The predicted octanol–water partition coefficient (Wildman–Crippen LogP) is -3.58. The quantitative estimate of drug-likeness (QED) is 0.0171. The first-order chi connectivity index (χ1) is 47.3. The lowest BCUT2D eigenvalue weighted by molar-refractivity contribution is -0.145. The number of Topliss-reactive ketones (excluding diaryl/α,β-unsaturated/α-hetero) is 1. The number of benzene rings is 1. The minimum Gasteiger partial charge on any atom is -0.480 e. The number of alkyl carbamates (subject to hydrolysis) is 1. The molecule has 1 aromatic carbocycles. The van der Waals surface area contributed by atoms with Gasteiger partial charge in [-0.25, -0.2) is 9.59 Å². The fourth-order valence-corrected chi connectivity index (χ4v) is 10.6. The first-order valence-electron chi connectivity index (χ1n) is 34.0. The van der Waals surface area contributed by atoms with Crippen molar-refractivity contribution in [1.29, 1.82) is 0 Å². The Kier molecular flexibility index (Phi) is 36.6. The van der Waals surface area contributed by atoms with E-state index in [1.165, 1.54) is 41.5 Å². The van der Waals surface area contributed by atoms with E-state index in [9.17, 15) is 73.5 Å². The highest BCUT2D eigenvalue weighted by Gasteiger charge is 2.50. The third-order valence-corrected chi connectivity index (χ3v) is 16.1. The van der Waals surface area contributed by atoms with Crippen molar-refractivity contribution in [3.05, 3.63) is 24.3 Å². The van der Waals surface area contributed by atoms with Gasteiger partial charge in [0.1, 0.15) is 60.0 Å². The van der Waals surface area contributed by atoms with E-state index in [4.69, 9.17) is 33.4 Å². The molecule has 24 N–H and O–H groups in total. The van der Waals surface area contributed by atoms with Gasteiger partial charge in [0.25, 0.3) is 0 Å². The van der Waals surface area contributed by atoms with Crippen LogP contribution < -0.4 is 86.3 Å². The second-order valence-corrected chi connectivity index (χ2v) is 30.2. The number of aliphatic hydroxyl groups is 4. The SMILES string of the molecule is CC[C@H](C)[C@H](NC(=O)[C@@H](CCCN=C(N)N)NC(=O)[C@H](CC(C)C)NC(=O)[C@@H](NC(=O)OC(C)(C)C)[C@H](O)C(C)(C)C(=O)[C@H](CN)N(C(=O)[C@H](CC(C)(C)C)NC(=O)[C@H](N)CC(C)(C)C)c1ccccc1N(C)C)C(=O)N[C@H](C(=O)NCC(=O)N[C@H](C(=O)N[C@@H](CO)C(=O)O)[C@H](O)C(N)=O)[C@H](C)O. The number of amides is 11. The van der Waals surface area contributed by atoms with Gasteiger partial charge in [-0.15, -0.1) is 0 Å². The van der Waals surface area contributed by atoms with Crippen LogP contribution in [0.25, 0.3) is 0 Å². The lowest BCUT2D eigenvalue weighted by Crippen LogP contribution is -2.65. The Morgan fingerprint density at radius 2 is 1.12 bits per heavy atom. The summed E-state index contributed by atoms with van der Waals surface area (Å²) in [5, 5.41) is 73.5. The van der Waals surface area contributed by atoms with E-state index in [-0.39, 0.29) is 56.7 Å². The van der Waals surface area contributed by atoms with Crippen LogP contribution in [0, 0.1) is 28.1 Å². The average Bonchev–Trinajstić information content (AvgIpc) is 0.768. The molecule has 0 heterocycles. The molecule has 0 fully saturated rings. The maximum absolute atomic E-state index is 15.7. The number of carboxylic acids is 1. The summed E-state index contributed by atoms with van der Waals surface area (Å²) in [7, 11) is 3.40. The van der Waals surface area contributed by atoms with E-state index in [0.717, 1.165) is 11.8 Å².